The number of aromatic nitrogens is 1. The Morgan fingerprint density at radius 3 is 2.60 bits per heavy atom. The lowest BCUT2D eigenvalue weighted by atomic mass is 9.87. The van der Waals surface area contributed by atoms with Gasteiger partial charge in [0.25, 0.3) is 0 Å². The number of pyridine rings is 1. The molecule has 1 aliphatic carbocycles. The summed E-state index contributed by atoms with van der Waals surface area (Å²) in [7, 11) is 1.21. The molecule has 0 N–H and O–H groups in total. The van der Waals surface area contributed by atoms with Crippen LogP contribution in [0.4, 0.5) is 4.39 Å². The molecule has 0 radical (unpaired) electrons. The van der Waals surface area contributed by atoms with Gasteiger partial charge in [-0.3, -0.25) is 0 Å². The second-order valence-corrected chi connectivity index (χ2v) is 6.39. The van der Waals surface area contributed by atoms with Gasteiger partial charge in [0.2, 0.25) is 0 Å². The molecule has 0 fully saturated rings. The second-order valence-electron chi connectivity index (χ2n) is 5.51. The van der Waals surface area contributed by atoms with E-state index in [2.05, 4.69) is 9.72 Å². The molecule has 0 aliphatic heterocycles. The van der Waals surface area contributed by atoms with Crippen LogP contribution in [-0.2, 0) is 10.4 Å². The summed E-state index contributed by atoms with van der Waals surface area (Å²) in [5.41, 5.74) is -0.458. The normalized spacial score (nSPS) is 22.4. The molecule has 0 saturated heterocycles. The van der Waals surface area contributed by atoms with Gasteiger partial charge in [-0.05, 0) is 29.3 Å². The molecule has 0 spiro atoms. The number of carbonyl (C=O) groups is 1. The number of carbonyl (C=O) groups excluding carboxylic acids is 1. The van der Waals surface area contributed by atoms with Gasteiger partial charge >= 0.3 is 5.97 Å². The van der Waals surface area contributed by atoms with Crippen molar-refractivity contribution in [1.82, 2.24) is 4.98 Å². The lowest BCUT2D eigenvalue weighted by Crippen LogP contribution is -2.31. The van der Waals surface area contributed by atoms with Crippen LogP contribution in [0.2, 0.25) is 5.02 Å². The third kappa shape index (κ3) is 3.32. The van der Waals surface area contributed by atoms with Crippen LogP contribution in [0, 0.1) is 0 Å². The highest BCUT2D eigenvalue weighted by Crippen LogP contribution is 2.40. The summed E-state index contributed by atoms with van der Waals surface area (Å²) in [5, 5.41) is -0.905. The quantitative estimate of drug-likeness (QED) is 0.561. The van der Waals surface area contributed by atoms with Crippen molar-refractivity contribution in [1.29, 1.82) is 0 Å². The van der Waals surface area contributed by atoms with Crippen molar-refractivity contribution in [3.05, 3.63) is 82.7 Å². The van der Waals surface area contributed by atoms with E-state index in [1.165, 1.54) is 25.3 Å². The predicted molar refractivity (Wildman–Crippen MR) is 96.6 cm³/mol. The summed E-state index contributed by atoms with van der Waals surface area (Å²) < 4.78 is 20.2. The molecule has 1 aromatic carbocycles. The standard InChI is InChI=1S/C19H14Cl2FNO2/c1-25-18(24)17-14(20)7-8-16(23-17)19(22)10-9-13(11-15(19)21)12-5-3-2-4-6-12/h2-11,15H,1H3. The molecule has 6 heteroatoms. The Balaban J connectivity index is 1.98. The average molecular weight is 378 g/mol. The van der Waals surface area contributed by atoms with Crippen LogP contribution < -0.4 is 0 Å². The van der Waals surface area contributed by atoms with Gasteiger partial charge in [-0.1, -0.05) is 54.1 Å². The van der Waals surface area contributed by atoms with E-state index in [9.17, 15) is 4.79 Å². The highest BCUT2D eigenvalue weighted by atomic mass is 35.5. The van der Waals surface area contributed by atoms with Crippen LogP contribution >= 0.6 is 23.2 Å². The summed E-state index contributed by atoms with van der Waals surface area (Å²) in [6.45, 7) is 0. The van der Waals surface area contributed by atoms with Crippen LogP contribution in [0.3, 0.4) is 0 Å². The molecule has 2 unspecified atom stereocenters. The van der Waals surface area contributed by atoms with Gasteiger partial charge in [0.15, 0.2) is 11.4 Å². The molecule has 1 aromatic heterocycles. The number of methoxy groups -OCH3 is 1. The predicted octanol–water partition coefficient (Wildman–Crippen LogP) is 4.95. The lowest BCUT2D eigenvalue weighted by Gasteiger charge is -2.28. The lowest BCUT2D eigenvalue weighted by molar-refractivity contribution is 0.0593. The molecule has 3 nitrogen and oxygen atoms in total. The number of esters is 1. The smallest absolute Gasteiger partial charge is 0.358 e. The van der Waals surface area contributed by atoms with Crippen molar-refractivity contribution >= 4 is 34.7 Å². The molecule has 128 valence electrons. The van der Waals surface area contributed by atoms with Crippen LogP contribution in [0.1, 0.15) is 21.7 Å². The Hall–Kier alpha value is -2.17. The van der Waals surface area contributed by atoms with Crippen LogP contribution in [-0.4, -0.2) is 23.4 Å². The van der Waals surface area contributed by atoms with E-state index in [0.717, 1.165) is 11.1 Å². The van der Waals surface area contributed by atoms with Gasteiger partial charge in [0.1, 0.15) is 0 Å². The number of hydrogen-bond acceptors (Lipinski definition) is 3. The highest BCUT2D eigenvalue weighted by molar-refractivity contribution is 6.33. The molecule has 1 aliphatic rings. The first kappa shape index (κ1) is 17.6. The monoisotopic (exact) mass is 377 g/mol. The summed E-state index contributed by atoms with van der Waals surface area (Å²) in [5.74, 6) is -0.734. The van der Waals surface area contributed by atoms with Crippen LogP contribution in [0.5, 0.6) is 0 Å². The van der Waals surface area contributed by atoms with Crippen molar-refractivity contribution in [3.63, 3.8) is 0 Å². The van der Waals surface area contributed by atoms with Crippen molar-refractivity contribution < 1.29 is 13.9 Å². The van der Waals surface area contributed by atoms with Crippen LogP contribution in [0.25, 0.3) is 5.57 Å². The zero-order chi connectivity index (χ0) is 18.0. The van der Waals surface area contributed by atoms with Gasteiger partial charge in [-0.2, -0.15) is 0 Å². The maximum absolute atomic E-state index is 15.5. The third-order valence-corrected chi connectivity index (χ3v) is 4.71. The third-order valence-electron chi connectivity index (χ3n) is 3.96. The first-order valence-electron chi connectivity index (χ1n) is 7.50. The highest BCUT2D eigenvalue weighted by Gasteiger charge is 2.40. The van der Waals surface area contributed by atoms with E-state index < -0.39 is 17.0 Å². The maximum atomic E-state index is 15.5. The fraction of sp³-hybridized carbons (Fsp3) is 0.158. The van der Waals surface area contributed by atoms with Gasteiger partial charge in [-0.15, -0.1) is 11.6 Å². The number of hydrogen-bond donors (Lipinski definition) is 0. The minimum atomic E-state index is -2.06. The molecule has 1 heterocycles. The van der Waals surface area contributed by atoms with Gasteiger partial charge in [0, 0.05) is 0 Å². The fourth-order valence-electron chi connectivity index (χ4n) is 2.58. The minimum absolute atomic E-state index is 0.00286. The number of allylic oxidation sites excluding steroid dienone is 4. The van der Waals surface area contributed by atoms with Crippen molar-refractivity contribution in [3.8, 4) is 0 Å². The first-order chi connectivity index (χ1) is 12.0. The largest absolute Gasteiger partial charge is 0.464 e. The van der Waals surface area contributed by atoms with Crippen LogP contribution in [0.15, 0.2) is 60.7 Å². The minimum Gasteiger partial charge on any atom is -0.464 e. The number of ether oxygens (including phenoxy) is 1. The molecule has 2 aromatic rings. The summed E-state index contributed by atoms with van der Waals surface area (Å²) in [6.07, 6.45) is 4.64. The summed E-state index contributed by atoms with van der Waals surface area (Å²) in [4.78, 5) is 15.8. The molecule has 2 atom stereocenters. The van der Waals surface area contributed by atoms with Gasteiger partial charge in [-0.25, -0.2) is 14.2 Å². The van der Waals surface area contributed by atoms with E-state index in [1.54, 1.807) is 12.2 Å². The Morgan fingerprint density at radius 2 is 1.96 bits per heavy atom. The fourth-order valence-corrected chi connectivity index (χ4v) is 3.09. The number of nitrogens with zero attached hydrogens (tertiary/aromatic N) is 1. The second kappa shape index (κ2) is 6.98. The molecular formula is C19H14Cl2FNO2. The van der Waals surface area contributed by atoms with Gasteiger partial charge in [0.05, 0.1) is 23.2 Å². The van der Waals surface area contributed by atoms with Crippen molar-refractivity contribution in [2.75, 3.05) is 7.11 Å². The first-order valence-corrected chi connectivity index (χ1v) is 8.32. The number of halogens is 3. The Bertz CT molecular complexity index is 867. The molecule has 0 bridgehead atoms. The van der Waals surface area contributed by atoms with E-state index in [1.807, 2.05) is 30.3 Å². The van der Waals surface area contributed by atoms with E-state index in [-0.39, 0.29) is 16.4 Å². The van der Waals surface area contributed by atoms with E-state index in [0.29, 0.717) is 0 Å². The molecule has 25 heavy (non-hydrogen) atoms. The topological polar surface area (TPSA) is 39.2 Å². The zero-order valence-corrected chi connectivity index (χ0v) is 14.8. The Morgan fingerprint density at radius 1 is 1.24 bits per heavy atom. The maximum Gasteiger partial charge on any atom is 0.358 e. The van der Waals surface area contributed by atoms with E-state index >= 15 is 4.39 Å². The Labute approximate surface area is 154 Å². The van der Waals surface area contributed by atoms with E-state index in [4.69, 9.17) is 23.2 Å². The molecule has 0 saturated carbocycles. The summed E-state index contributed by atoms with van der Waals surface area (Å²) >= 11 is 12.3. The number of benzene rings is 1. The molecular weight excluding hydrogens is 364 g/mol. The number of alkyl halides is 2. The SMILES string of the molecule is COC(=O)c1nc(C2(F)C=CC(c3ccccc3)=CC2Cl)ccc1Cl. The van der Waals surface area contributed by atoms with Gasteiger partial charge < -0.3 is 4.74 Å². The summed E-state index contributed by atoms with van der Waals surface area (Å²) in [6, 6.07) is 12.4. The number of rotatable bonds is 3. The molecule has 0 amide bonds. The Kier molecular flexibility index (Phi) is 4.93. The van der Waals surface area contributed by atoms with Crippen molar-refractivity contribution in [2.24, 2.45) is 0 Å². The average Bonchev–Trinajstić information content (AvgIpc) is 2.64. The van der Waals surface area contributed by atoms with Crippen molar-refractivity contribution in [2.45, 2.75) is 11.0 Å². The molecule has 3 rings (SSSR count). The zero-order valence-electron chi connectivity index (χ0n) is 13.2.